The number of methoxy groups -OCH3 is 1. The summed E-state index contributed by atoms with van der Waals surface area (Å²) in [5.74, 6) is 0.717. The van der Waals surface area contributed by atoms with E-state index in [0.717, 1.165) is 49.8 Å². The second-order valence-electron chi connectivity index (χ2n) is 12.0. The maximum absolute atomic E-state index is 12.5. The Morgan fingerprint density at radius 1 is 1.00 bits per heavy atom. The van der Waals surface area contributed by atoms with Crippen LogP contribution in [-0.2, 0) is 24.0 Å². The first-order chi connectivity index (χ1) is 21.9. The lowest BCUT2D eigenvalue weighted by Gasteiger charge is -2.31. The summed E-state index contributed by atoms with van der Waals surface area (Å²) in [6.07, 6.45) is 6.56. The highest BCUT2D eigenvalue weighted by Crippen LogP contribution is 2.43. The van der Waals surface area contributed by atoms with Crippen LogP contribution in [0.4, 0.5) is 4.79 Å². The van der Waals surface area contributed by atoms with Crippen LogP contribution in [0.15, 0.2) is 66.9 Å². The van der Waals surface area contributed by atoms with Gasteiger partial charge in [0.1, 0.15) is 5.56 Å². The standard InChI is InChI=1S/C37H41N3O5/c1-4-25-20-24(12-15-31(25)26-16-18-39(19-17-26)37(42)43)21-29-14-13-27-8-7-11-32(34(27)29)28-9-6-10-30(22-28)40-35(44-3)33(23-38-40)36(41)45-5-2/h6-12,15,20,22-23,26,29H,4-5,13-14,16-19,21H2,1-3H3,(H,42,43). The molecule has 0 spiro atoms. The van der Waals surface area contributed by atoms with E-state index in [4.69, 9.17) is 9.47 Å². The number of esters is 1. The van der Waals surface area contributed by atoms with Gasteiger partial charge in [0.05, 0.1) is 25.6 Å². The van der Waals surface area contributed by atoms with Crippen LogP contribution in [0.3, 0.4) is 0 Å². The van der Waals surface area contributed by atoms with E-state index in [0.29, 0.717) is 36.4 Å². The minimum Gasteiger partial charge on any atom is -0.480 e. The summed E-state index contributed by atoms with van der Waals surface area (Å²) in [6.45, 7) is 5.48. The molecule has 1 saturated heterocycles. The number of hydrogen-bond acceptors (Lipinski definition) is 5. The second kappa shape index (κ2) is 13.2. The number of amides is 1. The number of carboxylic acid groups (broad SMARTS) is 1. The van der Waals surface area contributed by atoms with Crippen molar-refractivity contribution in [2.75, 3.05) is 26.8 Å². The van der Waals surface area contributed by atoms with E-state index in [-0.39, 0.29) is 6.61 Å². The normalized spacial score (nSPS) is 16.4. The monoisotopic (exact) mass is 607 g/mol. The SMILES string of the molecule is CCOC(=O)c1cnn(-c2cccc(-c3cccc4c3C(Cc3ccc(C5CCN(C(=O)O)CC5)c(CC)c3)CC4)c2)c1OC. The summed E-state index contributed by atoms with van der Waals surface area (Å²) in [5, 5.41) is 13.8. The molecule has 2 heterocycles. The number of likely N-dealkylation sites (tertiary alicyclic amines) is 1. The van der Waals surface area contributed by atoms with Crippen molar-refractivity contribution in [3.8, 4) is 22.7 Å². The van der Waals surface area contributed by atoms with Gasteiger partial charge in [-0.15, -0.1) is 0 Å². The molecular formula is C37H41N3O5. The summed E-state index contributed by atoms with van der Waals surface area (Å²) in [7, 11) is 1.54. The molecule has 234 valence electrons. The Hall–Kier alpha value is -4.59. The van der Waals surface area contributed by atoms with Crippen LogP contribution >= 0.6 is 0 Å². The largest absolute Gasteiger partial charge is 0.480 e. The van der Waals surface area contributed by atoms with Crippen LogP contribution < -0.4 is 4.74 Å². The molecule has 6 rings (SSSR count). The Labute approximate surface area is 264 Å². The van der Waals surface area contributed by atoms with Crippen LogP contribution in [-0.4, -0.2) is 58.7 Å². The van der Waals surface area contributed by atoms with Gasteiger partial charge in [0.25, 0.3) is 0 Å². The first kappa shape index (κ1) is 30.4. The molecule has 1 aliphatic carbocycles. The molecule has 0 bridgehead atoms. The molecule has 1 amide bonds. The molecule has 1 aliphatic heterocycles. The third kappa shape index (κ3) is 6.06. The molecule has 1 atom stereocenters. The van der Waals surface area contributed by atoms with Gasteiger partial charge in [0, 0.05) is 13.1 Å². The molecular weight excluding hydrogens is 566 g/mol. The fourth-order valence-electron chi connectivity index (χ4n) is 7.27. The number of piperidine rings is 1. The van der Waals surface area contributed by atoms with E-state index < -0.39 is 12.1 Å². The Balaban J connectivity index is 1.26. The number of nitrogens with zero attached hydrogens (tertiary/aromatic N) is 3. The maximum Gasteiger partial charge on any atom is 0.407 e. The lowest BCUT2D eigenvalue weighted by Crippen LogP contribution is -2.37. The number of carbonyl (C=O) groups is 2. The average Bonchev–Trinajstić information content (AvgIpc) is 3.69. The number of aryl methyl sites for hydroxylation is 2. The molecule has 0 saturated carbocycles. The van der Waals surface area contributed by atoms with Gasteiger partial charge in [0.15, 0.2) is 0 Å². The number of aromatic nitrogens is 2. The van der Waals surface area contributed by atoms with Crippen LogP contribution in [0, 0.1) is 0 Å². The first-order valence-corrected chi connectivity index (χ1v) is 16.0. The smallest absolute Gasteiger partial charge is 0.407 e. The molecule has 1 aromatic heterocycles. The zero-order chi connectivity index (χ0) is 31.5. The summed E-state index contributed by atoms with van der Waals surface area (Å²) < 4.78 is 12.4. The van der Waals surface area contributed by atoms with Crippen LogP contribution in [0.2, 0.25) is 0 Å². The predicted octanol–water partition coefficient (Wildman–Crippen LogP) is 7.42. The van der Waals surface area contributed by atoms with E-state index in [1.54, 1.807) is 11.6 Å². The quantitative estimate of drug-likeness (QED) is 0.199. The van der Waals surface area contributed by atoms with Gasteiger partial charge in [-0.1, -0.05) is 55.5 Å². The predicted molar refractivity (Wildman–Crippen MR) is 174 cm³/mol. The zero-order valence-corrected chi connectivity index (χ0v) is 26.3. The van der Waals surface area contributed by atoms with Crippen molar-refractivity contribution in [3.63, 3.8) is 0 Å². The van der Waals surface area contributed by atoms with Crippen molar-refractivity contribution in [2.45, 2.75) is 64.2 Å². The summed E-state index contributed by atoms with van der Waals surface area (Å²) in [5.41, 5.74) is 10.4. The van der Waals surface area contributed by atoms with Crippen molar-refractivity contribution < 1.29 is 24.2 Å². The molecule has 4 aromatic rings. The average molecular weight is 608 g/mol. The van der Waals surface area contributed by atoms with Gasteiger partial charge in [-0.2, -0.15) is 5.10 Å². The highest BCUT2D eigenvalue weighted by atomic mass is 16.5. The van der Waals surface area contributed by atoms with Crippen molar-refractivity contribution >= 4 is 12.1 Å². The van der Waals surface area contributed by atoms with E-state index in [2.05, 4.69) is 60.6 Å². The van der Waals surface area contributed by atoms with Gasteiger partial charge < -0.3 is 19.5 Å². The van der Waals surface area contributed by atoms with Crippen molar-refractivity contribution in [1.82, 2.24) is 14.7 Å². The Morgan fingerprint density at radius 3 is 2.53 bits per heavy atom. The minimum atomic E-state index is -0.813. The summed E-state index contributed by atoms with van der Waals surface area (Å²) in [6, 6.07) is 21.8. The number of benzene rings is 3. The highest BCUT2D eigenvalue weighted by Gasteiger charge is 2.28. The molecule has 8 nitrogen and oxygen atoms in total. The lowest BCUT2D eigenvalue weighted by atomic mass is 9.83. The molecule has 45 heavy (non-hydrogen) atoms. The number of ether oxygens (including phenoxy) is 2. The lowest BCUT2D eigenvalue weighted by molar-refractivity contribution is 0.0522. The maximum atomic E-state index is 12.5. The molecule has 1 N–H and O–H groups in total. The van der Waals surface area contributed by atoms with Gasteiger partial charge in [0.2, 0.25) is 5.88 Å². The molecule has 1 fully saturated rings. The van der Waals surface area contributed by atoms with Crippen molar-refractivity contribution in [3.05, 3.63) is 100 Å². The number of rotatable bonds is 9. The second-order valence-corrected chi connectivity index (χ2v) is 12.0. The van der Waals surface area contributed by atoms with Gasteiger partial charge in [-0.05, 0) is 108 Å². The number of carbonyl (C=O) groups excluding carboxylic acids is 1. The van der Waals surface area contributed by atoms with Crippen LogP contribution in [0.25, 0.3) is 16.8 Å². The number of hydrogen-bond donors (Lipinski definition) is 1. The van der Waals surface area contributed by atoms with Crippen LogP contribution in [0.1, 0.15) is 83.1 Å². The van der Waals surface area contributed by atoms with Crippen molar-refractivity contribution in [1.29, 1.82) is 0 Å². The van der Waals surface area contributed by atoms with Gasteiger partial charge >= 0.3 is 12.1 Å². The third-order valence-corrected chi connectivity index (χ3v) is 9.46. The van der Waals surface area contributed by atoms with Gasteiger partial charge in [-0.25, -0.2) is 14.3 Å². The van der Waals surface area contributed by atoms with Crippen LogP contribution in [0.5, 0.6) is 5.88 Å². The van der Waals surface area contributed by atoms with E-state index in [1.807, 2.05) is 12.1 Å². The third-order valence-electron chi connectivity index (χ3n) is 9.46. The van der Waals surface area contributed by atoms with Crippen molar-refractivity contribution in [2.24, 2.45) is 0 Å². The summed E-state index contributed by atoms with van der Waals surface area (Å²) in [4.78, 5) is 25.4. The molecule has 0 radical (unpaired) electrons. The van der Waals surface area contributed by atoms with E-state index >= 15 is 0 Å². The Morgan fingerprint density at radius 2 is 1.80 bits per heavy atom. The molecule has 2 aliphatic rings. The topological polar surface area (TPSA) is 93.9 Å². The number of fused-ring (bicyclic) bond motifs is 1. The highest BCUT2D eigenvalue weighted by molar-refractivity contribution is 5.92. The molecule has 3 aromatic carbocycles. The Bertz CT molecular complexity index is 1700. The molecule has 8 heteroatoms. The fourth-order valence-corrected chi connectivity index (χ4v) is 7.27. The van der Waals surface area contributed by atoms with E-state index in [9.17, 15) is 14.7 Å². The first-order valence-electron chi connectivity index (χ1n) is 16.0. The van der Waals surface area contributed by atoms with E-state index in [1.165, 1.54) is 51.6 Å². The Kier molecular flexibility index (Phi) is 8.92. The zero-order valence-electron chi connectivity index (χ0n) is 26.3. The summed E-state index contributed by atoms with van der Waals surface area (Å²) >= 11 is 0. The van der Waals surface area contributed by atoms with Gasteiger partial charge in [-0.3, -0.25) is 0 Å². The molecule has 1 unspecified atom stereocenters. The minimum absolute atomic E-state index is 0.279. The fraction of sp³-hybridized carbons (Fsp3) is 0.378.